The molecule has 1 heterocycles. The SMILES string of the molecule is COc1ccc(CC(=O)c2c(C)cc(C)cc2OC)cn1. The van der Waals surface area contributed by atoms with E-state index < -0.39 is 0 Å². The number of ketones is 1. The summed E-state index contributed by atoms with van der Waals surface area (Å²) in [7, 11) is 3.15. The van der Waals surface area contributed by atoms with Crippen molar-refractivity contribution in [3.63, 3.8) is 0 Å². The third-order valence-corrected chi connectivity index (χ3v) is 3.31. The highest BCUT2D eigenvalue weighted by molar-refractivity contribution is 6.01. The van der Waals surface area contributed by atoms with Crippen LogP contribution in [0.2, 0.25) is 0 Å². The van der Waals surface area contributed by atoms with E-state index in [0.29, 0.717) is 17.2 Å². The van der Waals surface area contributed by atoms with Gasteiger partial charge in [-0.25, -0.2) is 4.98 Å². The van der Waals surface area contributed by atoms with Crippen molar-refractivity contribution in [2.24, 2.45) is 0 Å². The first-order valence-electron chi connectivity index (χ1n) is 6.72. The minimum atomic E-state index is 0.0244. The van der Waals surface area contributed by atoms with Crippen molar-refractivity contribution in [1.29, 1.82) is 0 Å². The Morgan fingerprint density at radius 1 is 1.14 bits per heavy atom. The number of hydrogen-bond acceptors (Lipinski definition) is 4. The van der Waals surface area contributed by atoms with E-state index in [2.05, 4.69) is 4.98 Å². The van der Waals surface area contributed by atoms with Crippen LogP contribution in [0.1, 0.15) is 27.0 Å². The number of ether oxygens (including phenoxy) is 2. The fraction of sp³-hybridized carbons (Fsp3) is 0.294. The molecule has 1 aromatic carbocycles. The maximum Gasteiger partial charge on any atom is 0.212 e. The quantitative estimate of drug-likeness (QED) is 0.792. The second kappa shape index (κ2) is 6.39. The minimum absolute atomic E-state index is 0.0244. The van der Waals surface area contributed by atoms with Gasteiger partial charge in [0.05, 0.1) is 19.8 Å². The lowest BCUT2D eigenvalue weighted by Gasteiger charge is -2.12. The van der Waals surface area contributed by atoms with Gasteiger partial charge in [-0.05, 0) is 36.6 Å². The second-order valence-electron chi connectivity index (χ2n) is 4.97. The summed E-state index contributed by atoms with van der Waals surface area (Å²) >= 11 is 0. The minimum Gasteiger partial charge on any atom is -0.496 e. The maximum absolute atomic E-state index is 12.5. The van der Waals surface area contributed by atoms with Gasteiger partial charge in [-0.15, -0.1) is 0 Å². The van der Waals surface area contributed by atoms with E-state index in [9.17, 15) is 4.79 Å². The van der Waals surface area contributed by atoms with E-state index >= 15 is 0 Å². The molecule has 0 aliphatic rings. The summed E-state index contributed by atoms with van der Waals surface area (Å²) in [5, 5.41) is 0. The van der Waals surface area contributed by atoms with Crippen LogP contribution in [0.4, 0.5) is 0 Å². The molecule has 2 aromatic rings. The van der Waals surface area contributed by atoms with E-state index in [1.54, 1.807) is 26.5 Å². The van der Waals surface area contributed by atoms with E-state index in [-0.39, 0.29) is 12.2 Å². The lowest BCUT2D eigenvalue weighted by atomic mass is 9.97. The number of nitrogens with zero attached hydrogens (tertiary/aromatic N) is 1. The average molecular weight is 285 g/mol. The summed E-state index contributed by atoms with van der Waals surface area (Å²) in [6, 6.07) is 7.47. The van der Waals surface area contributed by atoms with Crippen LogP contribution in [0.5, 0.6) is 11.6 Å². The summed E-state index contributed by atoms with van der Waals surface area (Å²) in [4.78, 5) is 16.7. The number of Topliss-reactive ketones (excluding diaryl/α,β-unsaturated/α-hetero) is 1. The molecule has 110 valence electrons. The van der Waals surface area contributed by atoms with Gasteiger partial charge in [0.25, 0.3) is 0 Å². The molecular formula is C17H19NO3. The average Bonchev–Trinajstić information content (AvgIpc) is 2.46. The largest absolute Gasteiger partial charge is 0.496 e. The third kappa shape index (κ3) is 3.40. The molecule has 0 spiro atoms. The normalized spacial score (nSPS) is 10.3. The van der Waals surface area contributed by atoms with Crippen molar-refractivity contribution in [3.8, 4) is 11.6 Å². The predicted octanol–water partition coefficient (Wildman–Crippen LogP) is 3.14. The predicted molar refractivity (Wildman–Crippen MR) is 81.3 cm³/mol. The van der Waals surface area contributed by atoms with Crippen LogP contribution >= 0.6 is 0 Å². The summed E-state index contributed by atoms with van der Waals surface area (Å²) in [6.07, 6.45) is 1.95. The highest BCUT2D eigenvalue weighted by atomic mass is 16.5. The molecule has 0 bridgehead atoms. The van der Waals surface area contributed by atoms with Gasteiger partial charge in [0.2, 0.25) is 5.88 Å². The fourth-order valence-corrected chi connectivity index (χ4v) is 2.36. The Morgan fingerprint density at radius 2 is 1.90 bits per heavy atom. The molecule has 0 unspecified atom stereocenters. The van der Waals surface area contributed by atoms with Crippen molar-refractivity contribution in [2.45, 2.75) is 20.3 Å². The Hall–Kier alpha value is -2.36. The number of aryl methyl sites for hydroxylation is 2. The monoisotopic (exact) mass is 285 g/mol. The van der Waals surface area contributed by atoms with E-state index in [0.717, 1.165) is 16.7 Å². The first-order chi connectivity index (χ1) is 10.0. The number of carbonyl (C=O) groups excluding carboxylic acids is 1. The molecule has 0 atom stereocenters. The van der Waals surface area contributed by atoms with Crippen molar-refractivity contribution < 1.29 is 14.3 Å². The lowest BCUT2D eigenvalue weighted by molar-refractivity contribution is 0.0989. The molecule has 0 amide bonds. The number of hydrogen-bond donors (Lipinski definition) is 0. The van der Waals surface area contributed by atoms with E-state index in [1.807, 2.05) is 32.0 Å². The number of methoxy groups -OCH3 is 2. The van der Waals surface area contributed by atoms with Crippen LogP contribution in [0, 0.1) is 13.8 Å². The highest BCUT2D eigenvalue weighted by Gasteiger charge is 2.16. The smallest absolute Gasteiger partial charge is 0.212 e. The molecular weight excluding hydrogens is 266 g/mol. The fourth-order valence-electron chi connectivity index (χ4n) is 2.36. The first-order valence-corrected chi connectivity index (χ1v) is 6.72. The van der Waals surface area contributed by atoms with E-state index in [4.69, 9.17) is 9.47 Å². The number of benzene rings is 1. The number of aromatic nitrogens is 1. The molecule has 1 aromatic heterocycles. The van der Waals surface area contributed by atoms with Crippen LogP contribution in [-0.4, -0.2) is 25.0 Å². The van der Waals surface area contributed by atoms with Crippen LogP contribution in [0.25, 0.3) is 0 Å². The molecule has 0 fully saturated rings. The summed E-state index contributed by atoms with van der Waals surface area (Å²) < 4.78 is 10.4. The summed E-state index contributed by atoms with van der Waals surface area (Å²) in [6.45, 7) is 3.91. The Labute approximate surface area is 124 Å². The van der Waals surface area contributed by atoms with Crippen LogP contribution in [-0.2, 0) is 6.42 Å². The standard InChI is InChI=1S/C17H19NO3/c1-11-7-12(2)17(15(8-11)20-3)14(19)9-13-5-6-16(21-4)18-10-13/h5-8,10H,9H2,1-4H3. The van der Waals surface area contributed by atoms with Crippen molar-refractivity contribution in [2.75, 3.05) is 14.2 Å². The zero-order valence-corrected chi connectivity index (χ0v) is 12.8. The lowest BCUT2D eigenvalue weighted by Crippen LogP contribution is -2.08. The Bertz CT molecular complexity index is 648. The molecule has 0 aliphatic heterocycles. The van der Waals surface area contributed by atoms with E-state index in [1.165, 1.54) is 0 Å². The van der Waals surface area contributed by atoms with Gasteiger partial charge in [0.1, 0.15) is 5.75 Å². The molecule has 21 heavy (non-hydrogen) atoms. The Morgan fingerprint density at radius 3 is 2.48 bits per heavy atom. The molecule has 2 rings (SSSR count). The zero-order chi connectivity index (χ0) is 15.4. The van der Waals surface area contributed by atoms with Crippen molar-refractivity contribution in [1.82, 2.24) is 4.98 Å². The second-order valence-corrected chi connectivity index (χ2v) is 4.97. The zero-order valence-electron chi connectivity index (χ0n) is 12.8. The van der Waals surface area contributed by atoms with Gasteiger partial charge in [0.15, 0.2) is 5.78 Å². The first kappa shape index (κ1) is 15.0. The molecule has 0 radical (unpaired) electrons. The molecule has 4 heteroatoms. The van der Waals surface area contributed by atoms with Gasteiger partial charge in [-0.3, -0.25) is 4.79 Å². The van der Waals surface area contributed by atoms with Crippen LogP contribution < -0.4 is 9.47 Å². The molecule has 0 saturated heterocycles. The molecule has 0 aliphatic carbocycles. The van der Waals surface area contributed by atoms with Crippen molar-refractivity contribution >= 4 is 5.78 Å². The summed E-state index contributed by atoms with van der Waals surface area (Å²) in [5.41, 5.74) is 3.49. The Kier molecular flexibility index (Phi) is 4.58. The van der Waals surface area contributed by atoms with Gasteiger partial charge in [-0.1, -0.05) is 12.1 Å². The van der Waals surface area contributed by atoms with Gasteiger partial charge in [0, 0.05) is 18.7 Å². The van der Waals surface area contributed by atoms with Gasteiger partial charge < -0.3 is 9.47 Å². The molecule has 0 saturated carbocycles. The van der Waals surface area contributed by atoms with Gasteiger partial charge >= 0.3 is 0 Å². The Balaban J connectivity index is 2.27. The highest BCUT2D eigenvalue weighted by Crippen LogP contribution is 2.25. The van der Waals surface area contributed by atoms with Gasteiger partial charge in [-0.2, -0.15) is 0 Å². The number of rotatable bonds is 5. The number of carbonyl (C=O) groups is 1. The molecule has 0 N–H and O–H groups in total. The third-order valence-electron chi connectivity index (χ3n) is 3.31. The van der Waals surface area contributed by atoms with Crippen molar-refractivity contribution in [3.05, 3.63) is 52.7 Å². The molecule has 4 nitrogen and oxygen atoms in total. The number of pyridine rings is 1. The van der Waals surface area contributed by atoms with Crippen LogP contribution in [0.15, 0.2) is 30.5 Å². The topological polar surface area (TPSA) is 48.4 Å². The van der Waals surface area contributed by atoms with Crippen LogP contribution in [0.3, 0.4) is 0 Å². The maximum atomic E-state index is 12.5. The summed E-state index contributed by atoms with van der Waals surface area (Å²) in [5.74, 6) is 1.19.